The van der Waals surface area contributed by atoms with Crippen LogP contribution in [0.4, 0.5) is 0 Å². The molecule has 1 rings (SSSR count). The predicted octanol–water partition coefficient (Wildman–Crippen LogP) is 1.32. The summed E-state index contributed by atoms with van der Waals surface area (Å²) < 4.78 is 4.95. The number of ether oxygens (including phenoxy) is 1. The lowest BCUT2D eigenvalue weighted by atomic mass is 10.2. The summed E-state index contributed by atoms with van der Waals surface area (Å²) >= 11 is 0. The highest BCUT2D eigenvalue weighted by atomic mass is 16.5. The summed E-state index contributed by atoms with van der Waals surface area (Å²) in [5.41, 5.74) is 1.12. The van der Waals surface area contributed by atoms with Crippen LogP contribution in [0.15, 0.2) is 30.3 Å². The topological polar surface area (TPSA) is 50.4 Å². The highest BCUT2D eigenvalue weighted by Crippen LogP contribution is 1.96. The van der Waals surface area contributed by atoms with Gasteiger partial charge in [0.15, 0.2) is 0 Å². The molecule has 0 fully saturated rings. The largest absolute Gasteiger partial charge is 0.385 e. The zero-order valence-corrected chi connectivity index (χ0v) is 10.9. The van der Waals surface area contributed by atoms with Crippen LogP contribution >= 0.6 is 0 Å². The molecule has 0 saturated heterocycles. The number of unbranched alkanes of at least 4 members (excludes halogenated alkanes) is 1. The Hall–Kier alpha value is -1.39. The minimum Gasteiger partial charge on any atom is -0.385 e. The van der Waals surface area contributed by atoms with Gasteiger partial charge in [-0.2, -0.15) is 0 Å². The average Bonchev–Trinajstić information content (AvgIpc) is 2.41. The van der Waals surface area contributed by atoms with Crippen molar-refractivity contribution in [3.63, 3.8) is 0 Å². The van der Waals surface area contributed by atoms with Crippen LogP contribution in [0.3, 0.4) is 0 Å². The van der Waals surface area contributed by atoms with Crippen LogP contribution in [-0.4, -0.2) is 32.7 Å². The van der Waals surface area contributed by atoms with Gasteiger partial charge < -0.3 is 15.4 Å². The third-order valence-corrected chi connectivity index (χ3v) is 2.57. The Labute approximate surface area is 109 Å². The van der Waals surface area contributed by atoms with E-state index in [1.54, 1.807) is 7.11 Å². The second-order valence-corrected chi connectivity index (χ2v) is 4.14. The molecule has 0 bridgehead atoms. The highest BCUT2D eigenvalue weighted by Gasteiger charge is 1.99. The molecule has 0 heterocycles. The predicted molar refractivity (Wildman–Crippen MR) is 72.3 cm³/mol. The Morgan fingerprint density at radius 1 is 1.22 bits per heavy atom. The monoisotopic (exact) mass is 250 g/mol. The second-order valence-electron chi connectivity index (χ2n) is 4.14. The van der Waals surface area contributed by atoms with E-state index < -0.39 is 0 Å². The molecule has 2 N–H and O–H groups in total. The molecule has 18 heavy (non-hydrogen) atoms. The summed E-state index contributed by atoms with van der Waals surface area (Å²) in [5, 5.41) is 5.99. The molecular weight excluding hydrogens is 228 g/mol. The fourth-order valence-electron chi connectivity index (χ4n) is 1.56. The summed E-state index contributed by atoms with van der Waals surface area (Å²) in [4.78, 5) is 11.5. The van der Waals surface area contributed by atoms with Gasteiger partial charge in [-0.1, -0.05) is 30.3 Å². The molecule has 100 valence electrons. The van der Waals surface area contributed by atoms with Crippen molar-refractivity contribution >= 4 is 5.91 Å². The van der Waals surface area contributed by atoms with Crippen LogP contribution in [0.1, 0.15) is 18.4 Å². The Morgan fingerprint density at radius 3 is 2.72 bits per heavy atom. The van der Waals surface area contributed by atoms with E-state index in [9.17, 15) is 4.79 Å². The SMILES string of the molecule is COCCCCNCC(=O)NCc1ccccc1. The van der Waals surface area contributed by atoms with Gasteiger partial charge in [0.2, 0.25) is 5.91 Å². The fourth-order valence-corrected chi connectivity index (χ4v) is 1.56. The van der Waals surface area contributed by atoms with Crippen LogP contribution in [0.2, 0.25) is 0 Å². The molecule has 4 nitrogen and oxygen atoms in total. The molecule has 1 aromatic carbocycles. The van der Waals surface area contributed by atoms with Crippen molar-refractivity contribution in [2.45, 2.75) is 19.4 Å². The molecule has 0 aliphatic rings. The average molecular weight is 250 g/mol. The minimum absolute atomic E-state index is 0.0330. The van der Waals surface area contributed by atoms with Crippen molar-refractivity contribution < 1.29 is 9.53 Å². The fraction of sp³-hybridized carbons (Fsp3) is 0.500. The van der Waals surface area contributed by atoms with Gasteiger partial charge in [-0.05, 0) is 24.9 Å². The molecule has 0 spiro atoms. The first-order chi connectivity index (χ1) is 8.83. The van der Waals surface area contributed by atoms with Crippen LogP contribution in [0.5, 0.6) is 0 Å². The molecule has 0 radical (unpaired) electrons. The van der Waals surface area contributed by atoms with Crippen LogP contribution in [0.25, 0.3) is 0 Å². The Bertz CT molecular complexity index is 328. The number of benzene rings is 1. The summed E-state index contributed by atoms with van der Waals surface area (Å²) in [6.45, 7) is 2.59. The van der Waals surface area contributed by atoms with Gasteiger partial charge in [-0.3, -0.25) is 4.79 Å². The lowest BCUT2D eigenvalue weighted by Crippen LogP contribution is -2.33. The van der Waals surface area contributed by atoms with E-state index in [0.29, 0.717) is 13.1 Å². The number of carbonyl (C=O) groups excluding carboxylic acids is 1. The van der Waals surface area contributed by atoms with Gasteiger partial charge in [-0.15, -0.1) is 0 Å². The maximum absolute atomic E-state index is 11.5. The zero-order valence-electron chi connectivity index (χ0n) is 10.9. The van der Waals surface area contributed by atoms with Gasteiger partial charge in [-0.25, -0.2) is 0 Å². The van der Waals surface area contributed by atoms with Crippen molar-refractivity contribution in [1.29, 1.82) is 0 Å². The molecule has 0 atom stereocenters. The molecule has 4 heteroatoms. The first-order valence-electron chi connectivity index (χ1n) is 6.33. The van der Waals surface area contributed by atoms with Crippen molar-refractivity contribution in [3.8, 4) is 0 Å². The van der Waals surface area contributed by atoms with Crippen molar-refractivity contribution in [3.05, 3.63) is 35.9 Å². The number of carbonyl (C=O) groups is 1. The summed E-state index contributed by atoms with van der Waals surface area (Å²) in [5.74, 6) is 0.0330. The van der Waals surface area contributed by atoms with E-state index in [0.717, 1.165) is 31.6 Å². The molecule has 0 unspecified atom stereocenters. The maximum Gasteiger partial charge on any atom is 0.234 e. The van der Waals surface area contributed by atoms with Crippen LogP contribution in [0, 0.1) is 0 Å². The van der Waals surface area contributed by atoms with Crippen molar-refractivity contribution in [2.75, 3.05) is 26.8 Å². The third-order valence-electron chi connectivity index (χ3n) is 2.57. The number of amides is 1. The van der Waals surface area contributed by atoms with Crippen molar-refractivity contribution in [1.82, 2.24) is 10.6 Å². The summed E-state index contributed by atoms with van der Waals surface area (Å²) in [6, 6.07) is 9.90. The number of methoxy groups -OCH3 is 1. The van der Waals surface area contributed by atoms with E-state index in [2.05, 4.69) is 10.6 Å². The summed E-state index contributed by atoms with van der Waals surface area (Å²) in [7, 11) is 1.70. The van der Waals surface area contributed by atoms with Gasteiger partial charge in [0.25, 0.3) is 0 Å². The van der Waals surface area contributed by atoms with Gasteiger partial charge >= 0.3 is 0 Å². The van der Waals surface area contributed by atoms with E-state index in [-0.39, 0.29) is 5.91 Å². The first-order valence-corrected chi connectivity index (χ1v) is 6.33. The van der Waals surface area contributed by atoms with Crippen LogP contribution in [-0.2, 0) is 16.1 Å². The third kappa shape index (κ3) is 7.04. The second kappa shape index (κ2) is 9.62. The van der Waals surface area contributed by atoms with E-state index in [4.69, 9.17) is 4.74 Å². The normalized spacial score (nSPS) is 10.3. The molecule has 0 aliphatic carbocycles. The first kappa shape index (κ1) is 14.7. The molecule has 1 aromatic rings. The molecule has 0 saturated carbocycles. The zero-order chi connectivity index (χ0) is 13.1. The Morgan fingerprint density at radius 2 is 2.00 bits per heavy atom. The quantitative estimate of drug-likeness (QED) is 0.650. The Balaban J connectivity index is 2.01. The number of hydrogen-bond acceptors (Lipinski definition) is 3. The number of hydrogen-bond donors (Lipinski definition) is 2. The molecule has 0 aromatic heterocycles. The molecule has 0 aliphatic heterocycles. The molecule has 1 amide bonds. The smallest absolute Gasteiger partial charge is 0.234 e. The standard InChI is InChI=1S/C14H22N2O2/c1-18-10-6-5-9-15-12-14(17)16-11-13-7-3-2-4-8-13/h2-4,7-8,15H,5-6,9-12H2,1H3,(H,16,17). The van der Waals surface area contributed by atoms with E-state index >= 15 is 0 Å². The Kier molecular flexibility index (Phi) is 7.84. The van der Waals surface area contributed by atoms with Crippen molar-refractivity contribution in [2.24, 2.45) is 0 Å². The number of rotatable bonds is 9. The van der Waals surface area contributed by atoms with Gasteiger partial charge in [0, 0.05) is 20.3 Å². The van der Waals surface area contributed by atoms with Crippen LogP contribution < -0.4 is 10.6 Å². The minimum atomic E-state index is 0.0330. The highest BCUT2D eigenvalue weighted by molar-refractivity contribution is 5.77. The van der Waals surface area contributed by atoms with E-state index in [1.807, 2.05) is 30.3 Å². The lowest BCUT2D eigenvalue weighted by Gasteiger charge is -2.06. The number of nitrogens with one attached hydrogen (secondary N) is 2. The lowest BCUT2D eigenvalue weighted by molar-refractivity contribution is -0.120. The van der Waals surface area contributed by atoms with E-state index in [1.165, 1.54) is 0 Å². The van der Waals surface area contributed by atoms with Gasteiger partial charge in [0.05, 0.1) is 6.54 Å². The maximum atomic E-state index is 11.5. The summed E-state index contributed by atoms with van der Waals surface area (Å²) in [6.07, 6.45) is 2.05. The molecular formula is C14H22N2O2. The van der Waals surface area contributed by atoms with Gasteiger partial charge in [0.1, 0.15) is 0 Å².